The maximum absolute atomic E-state index is 12.4. The number of aliphatic imine (C=N–C) groups is 1. The Morgan fingerprint density at radius 3 is 2.73 bits per heavy atom. The summed E-state index contributed by atoms with van der Waals surface area (Å²) in [5, 5.41) is 8.10. The van der Waals surface area contributed by atoms with E-state index >= 15 is 0 Å². The van der Waals surface area contributed by atoms with Crippen LogP contribution in [0.1, 0.15) is 23.1 Å². The fourth-order valence-corrected chi connectivity index (χ4v) is 4.46. The summed E-state index contributed by atoms with van der Waals surface area (Å²) >= 11 is 0. The standard InChI is InChI=1S/C26H33N5O.HI/c1-19-7-6-10-23-22(17-29-25(19)23)11-13-28-26(27-2)30-16-21-15-24(32)31(18-21)14-12-20-8-4-3-5-9-20;/h3-10,17,21,29H,11-16,18H2,1-2H3,(H2,27,28,30);1H. The number of carbonyl (C=O) groups excluding carboxylic acids is 1. The number of amides is 1. The second-order valence-corrected chi connectivity index (χ2v) is 8.59. The van der Waals surface area contributed by atoms with Gasteiger partial charge in [-0.3, -0.25) is 9.79 Å². The number of para-hydroxylation sites is 1. The Hall–Kier alpha value is -2.55. The summed E-state index contributed by atoms with van der Waals surface area (Å²) in [5.41, 5.74) is 5.06. The number of nitrogens with one attached hydrogen (secondary N) is 3. The summed E-state index contributed by atoms with van der Waals surface area (Å²) in [4.78, 5) is 22.1. The van der Waals surface area contributed by atoms with E-state index in [0.29, 0.717) is 12.3 Å². The molecule has 0 spiro atoms. The minimum atomic E-state index is 0. The van der Waals surface area contributed by atoms with Crippen LogP contribution in [0.5, 0.6) is 0 Å². The fraction of sp³-hybridized carbons (Fsp3) is 0.385. The number of aromatic nitrogens is 1. The van der Waals surface area contributed by atoms with Gasteiger partial charge in [0.1, 0.15) is 0 Å². The first-order valence-electron chi connectivity index (χ1n) is 11.5. The van der Waals surface area contributed by atoms with Gasteiger partial charge in [-0.25, -0.2) is 0 Å². The van der Waals surface area contributed by atoms with Crippen molar-refractivity contribution >= 4 is 46.7 Å². The summed E-state index contributed by atoms with van der Waals surface area (Å²) in [5.74, 6) is 1.36. The zero-order valence-corrected chi connectivity index (χ0v) is 21.8. The number of halogens is 1. The second kappa shape index (κ2) is 12.1. The number of hydrogen-bond acceptors (Lipinski definition) is 2. The molecule has 3 N–H and O–H groups in total. The van der Waals surface area contributed by atoms with Gasteiger partial charge in [0.2, 0.25) is 5.91 Å². The van der Waals surface area contributed by atoms with Gasteiger partial charge in [0, 0.05) is 62.7 Å². The predicted molar refractivity (Wildman–Crippen MR) is 146 cm³/mol. The van der Waals surface area contributed by atoms with Crippen LogP contribution in [0.4, 0.5) is 0 Å². The number of benzene rings is 2. The summed E-state index contributed by atoms with van der Waals surface area (Å²) in [7, 11) is 1.79. The number of hydrogen-bond donors (Lipinski definition) is 3. The monoisotopic (exact) mass is 559 g/mol. The average Bonchev–Trinajstić information content (AvgIpc) is 3.39. The van der Waals surface area contributed by atoms with Crippen LogP contribution in [0.15, 0.2) is 59.7 Å². The summed E-state index contributed by atoms with van der Waals surface area (Å²) in [6.07, 6.45) is 4.53. The van der Waals surface area contributed by atoms with Crippen LogP contribution in [0, 0.1) is 12.8 Å². The molecule has 2 heterocycles. The molecule has 0 aliphatic carbocycles. The molecule has 3 aromatic rings. The highest BCUT2D eigenvalue weighted by atomic mass is 127. The van der Waals surface area contributed by atoms with Gasteiger partial charge in [0.05, 0.1) is 0 Å². The summed E-state index contributed by atoms with van der Waals surface area (Å²) in [6, 6.07) is 16.8. The van der Waals surface area contributed by atoms with Crippen LogP contribution < -0.4 is 10.6 Å². The molecule has 0 bridgehead atoms. The average molecular weight is 559 g/mol. The number of aromatic amines is 1. The predicted octanol–water partition coefficient (Wildman–Crippen LogP) is 3.89. The van der Waals surface area contributed by atoms with E-state index in [1.54, 1.807) is 7.05 Å². The molecule has 1 saturated heterocycles. The highest BCUT2D eigenvalue weighted by Gasteiger charge is 2.29. The van der Waals surface area contributed by atoms with Gasteiger partial charge in [-0.05, 0) is 36.5 Å². The Labute approximate surface area is 213 Å². The van der Waals surface area contributed by atoms with Gasteiger partial charge in [-0.15, -0.1) is 24.0 Å². The van der Waals surface area contributed by atoms with E-state index < -0.39 is 0 Å². The topological polar surface area (TPSA) is 72.5 Å². The fourth-order valence-electron chi connectivity index (χ4n) is 4.46. The molecule has 176 valence electrons. The van der Waals surface area contributed by atoms with Crippen LogP contribution in [0.2, 0.25) is 0 Å². The first-order valence-corrected chi connectivity index (χ1v) is 11.5. The molecule has 1 aliphatic heterocycles. The molecule has 1 aliphatic rings. The molecule has 4 rings (SSSR count). The zero-order chi connectivity index (χ0) is 22.3. The lowest BCUT2D eigenvalue weighted by Crippen LogP contribution is -2.41. The Balaban J connectivity index is 0.00000306. The van der Waals surface area contributed by atoms with Crippen molar-refractivity contribution in [2.75, 3.05) is 33.2 Å². The molecule has 33 heavy (non-hydrogen) atoms. The van der Waals surface area contributed by atoms with Crippen molar-refractivity contribution in [3.63, 3.8) is 0 Å². The Kier molecular flexibility index (Phi) is 9.17. The Bertz CT molecular complexity index is 1080. The molecule has 0 saturated carbocycles. The van der Waals surface area contributed by atoms with Crippen molar-refractivity contribution in [3.8, 4) is 0 Å². The van der Waals surface area contributed by atoms with E-state index in [1.807, 2.05) is 23.1 Å². The zero-order valence-electron chi connectivity index (χ0n) is 19.4. The van der Waals surface area contributed by atoms with Crippen molar-refractivity contribution in [3.05, 3.63) is 71.4 Å². The van der Waals surface area contributed by atoms with E-state index in [2.05, 4.69) is 64.1 Å². The summed E-state index contributed by atoms with van der Waals surface area (Å²) in [6.45, 7) is 5.27. The molecule has 1 amide bonds. The molecule has 6 nitrogen and oxygen atoms in total. The van der Waals surface area contributed by atoms with E-state index in [1.165, 1.54) is 27.6 Å². The first-order chi connectivity index (χ1) is 15.6. The van der Waals surface area contributed by atoms with Crippen LogP contribution in [-0.4, -0.2) is 55.0 Å². The third-order valence-electron chi connectivity index (χ3n) is 6.29. The van der Waals surface area contributed by atoms with Crippen molar-refractivity contribution in [1.29, 1.82) is 0 Å². The Morgan fingerprint density at radius 1 is 1.12 bits per heavy atom. The maximum atomic E-state index is 12.4. The van der Waals surface area contributed by atoms with E-state index in [9.17, 15) is 4.79 Å². The van der Waals surface area contributed by atoms with E-state index in [4.69, 9.17) is 0 Å². The third kappa shape index (κ3) is 6.50. The number of nitrogens with zero attached hydrogens (tertiary/aromatic N) is 2. The number of guanidine groups is 1. The molecule has 1 aromatic heterocycles. The largest absolute Gasteiger partial charge is 0.361 e. The van der Waals surface area contributed by atoms with Crippen LogP contribution >= 0.6 is 24.0 Å². The number of rotatable bonds is 8. The van der Waals surface area contributed by atoms with Crippen LogP contribution in [0.25, 0.3) is 10.9 Å². The number of fused-ring (bicyclic) bond motifs is 1. The number of likely N-dealkylation sites (tertiary alicyclic amines) is 1. The van der Waals surface area contributed by atoms with Gasteiger partial charge in [-0.2, -0.15) is 0 Å². The molecule has 1 atom stereocenters. The lowest BCUT2D eigenvalue weighted by atomic mass is 10.1. The Morgan fingerprint density at radius 2 is 1.94 bits per heavy atom. The molecular weight excluding hydrogens is 525 g/mol. The molecule has 2 aromatic carbocycles. The first kappa shape index (κ1) is 25.1. The molecule has 1 unspecified atom stereocenters. The number of H-pyrrole nitrogens is 1. The molecular formula is C26H34IN5O. The minimum absolute atomic E-state index is 0. The highest BCUT2D eigenvalue weighted by molar-refractivity contribution is 14.0. The third-order valence-corrected chi connectivity index (χ3v) is 6.29. The highest BCUT2D eigenvalue weighted by Crippen LogP contribution is 2.21. The van der Waals surface area contributed by atoms with E-state index in [-0.39, 0.29) is 29.9 Å². The van der Waals surface area contributed by atoms with Gasteiger partial charge in [-0.1, -0.05) is 48.5 Å². The lowest BCUT2D eigenvalue weighted by molar-refractivity contribution is -0.127. The van der Waals surface area contributed by atoms with E-state index in [0.717, 1.165) is 45.0 Å². The molecule has 1 fully saturated rings. The summed E-state index contributed by atoms with van der Waals surface area (Å²) < 4.78 is 0. The molecule has 7 heteroatoms. The maximum Gasteiger partial charge on any atom is 0.223 e. The van der Waals surface area contributed by atoms with Crippen LogP contribution in [0.3, 0.4) is 0 Å². The normalized spacial score (nSPS) is 16.2. The van der Waals surface area contributed by atoms with Gasteiger partial charge in [0.15, 0.2) is 5.96 Å². The van der Waals surface area contributed by atoms with Gasteiger partial charge in [0.25, 0.3) is 0 Å². The van der Waals surface area contributed by atoms with Crippen molar-refractivity contribution < 1.29 is 4.79 Å². The number of carbonyl (C=O) groups is 1. The van der Waals surface area contributed by atoms with Crippen molar-refractivity contribution in [1.82, 2.24) is 20.5 Å². The quantitative estimate of drug-likeness (QED) is 0.223. The van der Waals surface area contributed by atoms with Crippen LogP contribution in [-0.2, 0) is 17.6 Å². The van der Waals surface area contributed by atoms with Gasteiger partial charge >= 0.3 is 0 Å². The minimum Gasteiger partial charge on any atom is -0.361 e. The smallest absolute Gasteiger partial charge is 0.223 e. The van der Waals surface area contributed by atoms with Gasteiger partial charge < -0.3 is 20.5 Å². The number of aryl methyl sites for hydroxylation is 1. The van der Waals surface area contributed by atoms with Crippen molar-refractivity contribution in [2.45, 2.75) is 26.2 Å². The second-order valence-electron chi connectivity index (χ2n) is 8.59. The lowest BCUT2D eigenvalue weighted by Gasteiger charge is -2.18. The van der Waals surface area contributed by atoms with Crippen molar-refractivity contribution in [2.24, 2.45) is 10.9 Å². The SMILES string of the molecule is CN=C(NCCc1c[nH]c2c(C)cccc12)NCC1CC(=O)N(CCc2ccccc2)C1.I. The molecule has 0 radical (unpaired) electrons.